The smallest absolute Gasteiger partial charge is 0.0499 e. The zero-order valence-electron chi connectivity index (χ0n) is 6.76. The van der Waals surface area contributed by atoms with Crippen molar-refractivity contribution in [1.29, 1.82) is 0 Å². The number of aliphatic hydroxyl groups is 1. The van der Waals surface area contributed by atoms with Gasteiger partial charge in [0.15, 0.2) is 0 Å². The third-order valence-corrected chi connectivity index (χ3v) is 2.77. The van der Waals surface area contributed by atoms with E-state index in [-0.39, 0.29) is 6.61 Å². The number of benzene rings is 1. The zero-order valence-corrected chi connectivity index (χ0v) is 7.51. The fourth-order valence-corrected chi connectivity index (χ4v) is 2.03. The second kappa shape index (κ2) is 3.08. The van der Waals surface area contributed by atoms with E-state index in [1.807, 2.05) is 12.1 Å². The molecule has 0 unspecified atom stereocenters. The van der Waals surface area contributed by atoms with Crippen molar-refractivity contribution >= 4 is 11.6 Å². The second-order valence-corrected chi connectivity index (χ2v) is 3.70. The molecule has 1 nitrogen and oxygen atoms in total. The molecule has 0 fully saturated rings. The highest BCUT2D eigenvalue weighted by atomic mass is 35.5. The topological polar surface area (TPSA) is 20.2 Å². The lowest BCUT2D eigenvalue weighted by Crippen LogP contribution is -1.98. The van der Waals surface area contributed by atoms with E-state index in [1.165, 1.54) is 11.1 Å². The van der Waals surface area contributed by atoms with Crippen LogP contribution in [0.25, 0.3) is 0 Å². The van der Waals surface area contributed by atoms with E-state index in [2.05, 4.69) is 6.07 Å². The van der Waals surface area contributed by atoms with Gasteiger partial charge in [-0.2, -0.15) is 0 Å². The van der Waals surface area contributed by atoms with Crippen molar-refractivity contribution in [3.63, 3.8) is 0 Å². The molecule has 1 aromatic rings. The van der Waals surface area contributed by atoms with Crippen LogP contribution in [0.5, 0.6) is 0 Å². The Hall–Kier alpha value is -0.530. The van der Waals surface area contributed by atoms with Crippen LogP contribution in [0, 0.1) is 0 Å². The molecular weight excluding hydrogens is 172 g/mol. The lowest BCUT2D eigenvalue weighted by atomic mass is 10.0. The van der Waals surface area contributed by atoms with Crippen molar-refractivity contribution in [2.24, 2.45) is 0 Å². The summed E-state index contributed by atoms with van der Waals surface area (Å²) in [5.41, 5.74) is 2.59. The van der Waals surface area contributed by atoms with E-state index in [0.717, 1.165) is 17.9 Å². The van der Waals surface area contributed by atoms with Crippen molar-refractivity contribution in [3.8, 4) is 0 Å². The number of rotatable bonds is 1. The molecule has 0 spiro atoms. The Balaban J connectivity index is 2.42. The molecule has 1 N–H and O–H groups in total. The Kier molecular flexibility index (Phi) is 2.07. The van der Waals surface area contributed by atoms with E-state index < -0.39 is 0 Å². The Labute approximate surface area is 77.0 Å². The first-order chi connectivity index (χ1) is 5.81. The first-order valence-electron chi connectivity index (χ1n) is 4.20. The maximum Gasteiger partial charge on any atom is 0.0499 e. The number of hydrogen-bond donors (Lipinski definition) is 1. The number of aliphatic hydroxyl groups excluding tert-OH is 1. The summed E-state index contributed by atoms with van der Waals surface area (Å²) in [5.74, 6) is 0.318. The largest absolute Gasteiger partial charge is 0.396 e. The van der Waals surface area contributed by atoms with Crippen molar-refractivity contribution in [2.75, 3.05) is 6.61 Å². The highest BCUT2D eigenvalue weighted by Gasteiger charge is 2.21. The predicted molar refractivity (Wildman–Crippen MR) is 49.6 cm³/mol. The summed E-state index contributed by atoms with van der Waals surface area (Å²) >= 11 is 5.86. The van der Waals surface area contributed by atoms with E-state index >= 15 is 0 Å². The second-order valence-electron chi connectivity index (χ2n) is 3.26. The molecule has 12 heavy (non-hydrogen) atoms. The van der Waals surface area contributed by atoms with E-state index in [1.54, 1.807) is 0 Å². The molecule has 0 amide bonds. The first-order valence-corrected chi connectivity index (χ1v) is 4.58. The molecule has 0 bridgehead atoms. The maximum atomic E-state index is 9.06. The van der Waals surface area contributed by atoms with Crippen molar-refractivity contribution < 1.29 is 5.11 Å². The van der Waals surface area contributed by atoms with Crippen molar-refractivity contribution in [2.45, 2.75) is 18.8 Å². The molecule has 0 aromatic heterocycles. The van der Waals surface area contributed by atoms with Crippen LogP contribution in [-0.2, 0) is 6.42 Å². The monoisotopic (exact) mass is 182 g/mol. The SMILES string of the molecule is OC[C@H]1CCc2ccc(Cl)cc21. The molecule has 1 aliphatic rings. The average Bonchev–Trinajstić information content (AvgIpc) is 2.46. The molecule has 2 rings (SSSR count). The van der Waals surface area contributed by atoms with Crippen LogP contribution in [0.3, 0.4) is 0 Å². The summed E-state index contributed by atoms with van der Waals surface area (Å²) in [5, 5.41) is 9.83. The summed E-state index contributed by atoms with van der Waals surface area (Å²) in [6.45, 7) is 0.243. The van der Waals surface area contributed by atoms with Gasteiger partial charge in [-0.05, 0) is 36.1 Å². The van der Waals surface area contributed by atoms with Crippen LogP contribution < -0.4 is 0 Å². The highest BCUT2D eigenvalue weighted by Crippen LogP contribution is 2.34. The molecular formula is C10H11ClO. The van der Waals surface area contributed by atoms with Gasteiger partial charge in [-0.15, -0.1) is 0 Å². The molecule has 0 aliphatic heterocycles. The molecule has 64 valence electrons. The minimum atomic E-state index is 0.243. The standard InChI is InChI=1S/C10H11ClO/c11-9-4-3-7-1-2-8(6-12)10(7)5-9/h3-5,8,12H,1-2,6H2/t8-/m1/s1. The minimum Gasteiger partial charge on any atom is -0.396 e. The zero-order chi connectivity index (χ0) is 8.55. The van der Waals surface area contributed by atoms with Gasteiger partial charge in [0, 0.05) is 17.5 Å². The van der Waals surface area contributed by atoms with Crippen LogP contribution in [0.2, 0.25) is 5.02 Å². The summed E-state index contributed by atoms with van der Waals surface area (Å²) in [6, 6.07) is 5.96. The summed E-state index contributed by atoms with van der Waals surface area (Å²) in [6.07, 6.45) is 2.14. The van der Waals surface area contributed by atoms with E-state index in [9.17, 15) is 0 Å². The van der Waals surface area contributed by atoms with Gasteiger partial charge in [0.2, 0.25) is 0 Å². The molecule has 1 aliphatic carbocycles. The van der Waals surface area contributed by atoms with Crippen LogP contribution in [0.15, 0.2) is 18.2 Å². The lowest BCUT2D eigenvalue weighted by Gasteiger charge is -2.06. The first kappa shape index (κ1) is 8.09. The van der Waals surface area contributed by atoms with Gasteiger partial charge < -0.3 is 5.11 Å². The molecule has 0 saturated heterocycles. The molecule has 0 radical (unpaired) electrons. The van der Waals surface area contributed by atoms with Crippen LogP contribution in [-0.4, -0.2) is 11.7 Å². The summed E-state index contributed by atoms with van der Waals surface area (Å²) < 4.78 is 0. The summed E-state index contributed by atoms with van der Waals surface area (Å²) in [7, 11) is 0. The molecule has 0 heterocycles. The number of halogens is 1. The van der Waals surface area contributed by atoms with Gasteiger partial charge in [0.1, 0.15) is 0 Å². The number of aryl methyl sites for hydroxylation is 1. The van der Waals surface area contributed by atoms with Crippen LogP contribution in [0.1, 0.15) is 23.5 Å². The van der Waals surface area contributed by atoms with Gasteiger partial charge in [-0.25, -0.2) is 0 Å². The molecule has 2 heteroatoms. The van der Waals surface area contributed by atoms with Crippen LogP contribution in [0.4, 0.5) is 0 Å². The Morgan fingerprint density at radius 1 is 1.50 bits per heavy atom. The number of fused-ring (bicyclic) bond motifs is 1. The van der Waals surface area contributed by atoms with Gasteiger partial charge >= 0.3 is 0 Å². The van der Waals surface area contributed by atoms with E-state index in [0.29, 0.717) is 5.92 Å². The van der Waals surface area contributed by atoms with Gasteiger partial charge in [-0.3, -0.25) is 0 Å². The Morgan fingerprint density at radius 2 is 2.33 bits per heavy atom. The fourth-order valence-electron chi connectivity index (χ4n) is 1.85. The predicted octanol–water partition coefficient (Wildman–Crippen LogP) is 2.36. The minimum absolute atomic E-state index is 0.243. The number of hydrogen-bond acceptors (Lipinski definition) is 1. The quantitative estimate of drug-likeness (QED) is 0.707. The van der Waals surface area contributed by atoms with Crippen molar-refractivity contribution in [3.05, 3.63) is 34.3 Å². The molecule has 1 aromatic carbocycles. The summed E-state index contributed by atoms with van der Waals surface area (Å²) in [4.78, 5) is 0. The van der Waals surface area contributed by atoms with Gasteiger partial charge in [0.05, 0.1) is 0 Å². The Morgan fingerprint density at radius 3 is 3.08 bits per heavy atom. The van der Waals surface area contributed by atoms with Gasteiger partial charge in [-0.1, -0.05) is 17.7 Å². The molecule has 0 saturated carbocycles. The van der Waals surface area contributed by atoms with Crippen molar-refractivity contribution in [1.82, 2.24) is 0 Å². The third kappa shape index (κ3) is 1.23. The van der Waals surface area contributed by atoms with Crippen LogP contribution >= 0.6 is 11.6 Å². The lowest BCUT2D eigenvalue weighted by molar-refractivity contribution is 0.265. The fraction of sp³-hybridized carbons (Fsp3) is 0.400. The average molecular weight is 183 g/mol. The third-order valence-electron chi connectivity index (χ3n) is 2.53. The maximum absolute atomic E-state index is 9.06. The normalized spacial score (nSPS) is 21.0. The van der Waals surface area contributed by atoms with Gasteiger partial charge in [0.25, 0.3) is 0 Å². The van der Waals surface area contributed by atoms with E-state index in [4.69, 9.17) is 16.7 Å². The molecule has 1 atom stereocenters. The highest BCUT2D eigenvalue weighted by molar-refractivity contribution is 6.30. The Bertz CT molecular complexity index is 296.